The van der Waals surface area contributed by atoms with Crippen molar-refractivity contribution < 1.29 is 4.79 Å². The predicted octanol–water partition coefficient (Wildman–Crippen LogP) is 4.45. The lowest BCUT2D eigenvalue weighted by Crippen LogP contribution is -2.52. The summed E-state index contributed by atoms with van der Waals surface area (Å²) in [6, 6.07) is 7.94. The lowest BCUT2D eigenvalue weighted by molar-refractivity contribution is -0.122. The maximum absolute atomic E-state index is 12.3. The normalized spacial score (nSPS) is 26.2. The van der Waals surface area contributed by atoms with Gasteiger partial charge < -0.3 is 5.32 Å². The summed E-state index contributed by atoms with van der Waals surface area (Å²) in [7, 11) is 0. The van der Waals surface area contributed by atoms with Gasteiger partial charge in [0.15, 0.2) is 0 Å². The van der Waals surface area contributed by atoms with Crippen molar-refractivity contribution in [2.75, 3.05) is 5.33 Å². The molecule has 0 saturated heterocycles. The molecule has 4 heteroatoms. The molecule has 0 bridgehead atoms. The van der Waals surface area contributed by atoms with E-state index < -0.39 is 0 Å². The summed E-state index contributed by atoms with van der Waals surface area (Å²) in [6.07, 6.45) is 5.00. The van der Waals surface area contributed by atoms with Gasteiger partial charge >= 0.3 is 0 Å². The largest absolute Gasteiger partial charge is 0.350 e. The van der Waals surface area contributed by atoms with E-state index in [9.17, 15) is 4.79 Å². The first-order valence-electron chi connectivity index (χ1n) is 7.14. The van der Waals surface area contributed by atoms with E-state index in [1.807, 2.05) is 24.3 Å². The third-order valence-electron chi connectivity index (χ3n) is 4.17. The number of carbonyl (C=O) groups is 1. The molecule has 1 amide bonds. The fraction of sp³-hybridized carbons (Fsp3) is 0.562. The van der Waals surface area contributed by atoms with Gasteiger partial charge in [-0.2, -0.15) is 0 Å². The van der Waals surface area contributed by atoms with E-state index in [4.69, 9.17) is 0 Å². The topological polar surface area (TPSA) is 29.1 Å². The molecule has 0 unspecified atom stereocenters. The van der Waals surface area contributed by atoms with E-state index in [1.54, 1.807) is 0 Å². The molecule has 1 fully saturated rings. The highest BCUT2D eigenvalue weighted by Gasteiger charge is 2.34. The maximum atomic E-state index is 12.3. The Morgan fingerprint density at radius 1 is 1.30 bits per heavy atom. The van der Waals surface area contributed by atoms with E-state index in [1.165, 1.54) is 12.8 Å². The average molecular weight is 403 g/mol. The lowest BCUT2D eigenvalue weighted by atomic mass is 9.78. The summed E-state index contributed by atoms with van der Waals surface area (Å²) < 4.78 is 1.04. The van der Waals surface area contributed by atoms with Crippen molar-refractivity contribution in [3.63, 3.8) is 0 Å². The van der Waals surface area contributed by atoms with E-state index in [-0.39, 0.29) is 11.4 Å². The highest BCUT2D eigenvalue weighted by Crippen LogP contribution is 2.33. The lowest BCUT2D eigenvalue weighted by Gasteiger charge is -2.39. The molecule has 0 aliphatic heterocycles. The van der Waals surface area contributed by atoms with Gasteiger partial charge in [0, 0.05) is 15.3 Å². The Bertz CT molecular complexity index is 450. The van der Waals surface area contributed by atoms with Crippen molar-refractivity contribution >= 4 is 37.8 Å². The van der Waals surface area contributed by atoms with Crippen molar-refractivity contribution in [1.29, 1.82) is 0 Å². The van der Waals surface area contributed by atoms with Gasteiger partial charge in [0.1, 0.15) is 0 Å². The molecule has 1 saturated carbocycles. The molecule has 2 nitrogen and oxygen atoms in total. The molecule has 2 rings (SSSR count). The summed E-state index contributed by atoms with van der Waals surface area (Å²) in [5, 5.41) is 4.11. The molecule has 0 spiro atoms. The molecular weight excluding hydrogens is 382 g/mol. The number of hydrogen-bond acceptors (Lipinski definition) is 1. The fourth-order valence-corrected chi connectivity index (χ4v) is 3.70. The molecule has 1 aromatic rings. The van der Waals surface area contributed by atoms with Crippen LogP contribution >= 0.6 is 31.9 Å². The zero-order valence-corrected chi connectivity index (χ0v) is 15.0. The van der Waals surface area contributed by atoms with E-state index in [0.29, 0.717) is 6.42 Å². The minimum absolute atomic E-state index is 0.0427. The van der Waals surface area contributed by atoms with Crippen LogP contribution in [0.4, 0.5) is 0 Å². The number of hydrogen-bond donors (Lipinski definition) is 1. The molecule has 1 aliphatic carbocycles. The first-order chi connectivity index (χ1) is 9.53. The Morgan fingerprint density at radius 2 is 1.90 bits per heavy atom. The second kappa shape index (κ2) is 7.08. The number of benzene rings is 1. The van der Waals surface area contributed by atoms with Crippen molar-refractivity contribution in [3.05, 3.63) is 34.3 Å². The quantitative estimate of drug-likeness (QED) is 0.740. The van der Waals surface area contributed by atoms with Gasteiger partial charge in [-0.15, -0.1) is 0 Å². The van der Waals surface area contributed by atoms with Crippen LogP contribution in [0.2, 0.25) is 0 Å². The number of carbonyl (C=O) groups excluding carboxylic acids is 1. The second-order valence-corrected chi connectivity index (χ2v) is 7.42. The number of nitrogens with one attached hydrogen (secondary N) is 1. The summed E-state index contributed by atoms with van der Waals surface area (Å²) in [5.41, 5.74) is 1.01. The third kappa shape index (κ3) is 4.32. The van der Waals surface area contributed by atoms with Gasteiger partial charge in [-0.1, -0.05) is 50.9 Å². The van der Waals surface area contributed by atoms with Crippen LogP contribution in [0, 0.1) is 5.92 Å². The summed E-state index contributed by atoms with van der Waals surface area (Å²) in [5.74, 6) is 0.909. The molecule has 110 valence electrons. The number of amides is 1. The fourth-order valence-electron chi connectivity index (χ4n) is 2.73. The minimum atomic E-state index is -0.0427. The summed E-state index contributed by atoms with van der Waals surface area (Å²) in [4.78, 5) is 12.3. The first-order valence-corrected chi connectivity index (χ1v) is 9.06. The zero-order chi connectivity index (χ0) is 14.6. The molecule has 0 aromatic heterocycles. The van der Waals surface area contributed by atoms with Crippen LogP contribution in [0.1, 0.15) is 38.2 Å². The standard InChI is InChI=1S/C16H21Br2NO/c1-12-6-8-16(11-17,9-7-12)19-15(20)10-13-2-4-14(18)5-3-13/h2-5,12H,6-11H2,1H3,(H,19,20). The average Bonchev–Trinajstić information content (AvgIpc) is 2.44. The van der Waals surface area contributed by atoms with Gasteiger partial charge in [0.25, 0.3) is 0 Å². The van der Waals surface area contributed by atoms with Crippen molar-refractivity contribution in [2.45, 2.75) is 44.6 Å². The third-order valence-corrected chi connectivity index (χ3v) is 5.77. The van der Waals surface area contributed by atoms with Gasteiger partial charge in [0.2, 0.25) is 5.91 Å². The molecular formula is C16H21Br2NO. The molecule has 1 N–H and O–H groups in total. The molecule has 1 aromatic carbocycles. The maximum Gasteiger partial charge on any atom is 0.224 e. The second-order valence-electron chi connectivity index (χ2n) is 5.95. The van der Waals surface area contributed by atoms with Crippen LogP contribution < -0.4 is 5.32 Å². The number of halogens is 2. The van der Waals surface area contributed by atoms with Crippen molar-refractivity contribution in [3.8, 4) is 0 Å². The molecule has 0 heterocycles. The highest BCUT2D eigenvalue weighted by molar-refractivity contribution is 9.10. The van der Waals surface area contributed by atoms with Gasteiger partial charge in [-0.05, 0) is 49.3 Å². The molecule has 1 aliphatic rings. The Labute approximate surface area is 138 Å². The van der Waals surface area contributed by atoms with Crippen molar-refractivity contribution in [2.24, 2.45) is 5.92 Å². The van der Waals surface area contributed by atoms with E-state index >= 15 is 0 Å². The minimum Gasteiger partial charge on any atom is -0.350 e. The number of alkyl halides is 1. The van der Waals surface area contributed by atoms with Crippen LogP contribution in [-0.4, -0.2) is 16.8 Å². The molecule has 0 atom stereocenters. The van der Waals surface area contributed by atoms with Crippen LogP contribution in [0.15, 0.2) is 28.7 Å². The summed E-state index contributed by atoms with van der Waals surface area (Å²) >= 11 is 7.00. The Hall–Kier alpha value is -0.350. The smallest absolute Gasteiger partial charge is 0.224 e. The van der Waals surface area contributed by atoms with Gasteiger partial charge in [-0.25, -0.2) is 0 Å². The Balaban J connectivity index is 1.94. The zero-order valence-electron chi connectivity index (χ0n) is 11.8. The molecule has 20 heavy (non-hydrogen) atoms. The molecule has 0 radical (unpaired) electrons. The van der Waals surface area contributed by atoms with Gasteiger partial charge in [-0.3, -0.25) is 4.79 Å². The first kappa shape index (κ1) is 16.0. The van der Waals surface area contributed by atoms with Crippen LogP contribution in [0.3, 0.4) is 0 Å². The number of rotatable bonds is 4. The highest BCUT2D eigenvalue weighted by atomic mass is 79.9. The Kier molecular flexibility index (Phi) is 5.67. The Morgan fingerprint density at radius 3 is 2.45 bits per heavy atom. The SMILES string of the molecule is CC1CCC(CBr)(NC(=O)Cc2ccc(Br)cc2)CC1. The predicted molar refractivity (Wildman–Crippen MR) is 90.1 cm³/mol. The van der Waals surface area contributed by atoms with Crippen LogP contribution in [-0.2, 0) is 11.2 Å². The van der Waals surface area contributed by atoms with Crippen LogP contribution in [0.5, 0.6) is 0 Å². The van der Waals surface area contributed by atoms with Crippen LogP contribution in [0.25, 0.3) is 0 Å². The monoisotopic (exact) mass is 401 g/mol. The van der Waals surface area contributed by atoms with E-state index in [0.717, 1.165) is 34.1 Å². The van der Waals surface area contributed by atoms with Gasteiger partial charge in [0.05, 0.1) is 6.42 Å². The summed E-state index contributed by atoms with van der Waals surface area (Å²) in [6.45, 7) is 2.29. The van der Waals surface area contributed by atoms with E-state index in [2.05, 4.69) is 44.1 Å². The van der Waals surface area contributed by atoms with Crippen molar-refractivity contribution in [1.82, 2.24) is 5.32 Å².